The van der Waals surface area contributed by atoms with Gasteiger partial charge in [-0.05, 0) is 73.6 Å². The number of nitrogens with zero attached hydrogens (tertiary/aromatic N) is 2. The monoisotopic (exact) mass is 804 g/mol. The maximum absolute atomic E-state index is 14.8. The van der Waals surface area contributed by atoms with Gasteiger partial charge in [-0.25, -0.2) is 13.2 Å². The van der Waals surface area contributed by atoms with Gasteiger partial charge in [0.15, 0.2) is 0 Å². The number of carbonyl (C=O) groups excluding carboxylic acids is 5. The van der Waals surface area contributed by atoms with Crippen molar-refractivity contribution in [3.63, 3.8) is 0 Å². The molecule has 0 radical (unpaired) electrons. The Bertz CT molecular complexity index is 1560. The van der Waals surface area contributed by atoms with Gasteiger partial charge < -0.3 is 26.2 Å². The van der Waals surface area contributed by atoms with Gasteiger partial charge in [-0.2, -0.15) is 4.31 Å². The first-order chi connectivity index (χ1) is 26.3. The number of ketones is 1. The summed E-state index contributed by atoms with van der Waals surface area (Å²) in [4.78, 5) is 70.5. The average Bonchev–Trinajstić information content (AvgIpc) is 3.90. The Labute approximate surface area is 332 Å². The number of hydrogen-bond acceptors (Lipinski definition) is 8. The fraction of sp³-hybridized carbons (Fsp3) is 0.725. The molecule has 5 atom stereocenters. The second-order valence-electron chi connectivity index (χ2n) is 16.0. The number of unbranched alkanes of at least 4 members (excludes halogenated alkanes) is 1. The molecule has 1 unspecified atom stereocenters. The van der Waals surface area contributed by atoms with Gasteiger partial charge in [0.25, 0.3) is 15.9 Å². The molecule has 3 aliphatic rings. The third kappa shape index (κ3) is 11.9. The molecular weight excluding hydrogens is 741 g/mol. The van der Waals surface area contributed by atoms with Crippen LogP contribution in [0.15, 0.2) is 34.4 Å². The minimum Gasteiger partial charge on any atom is -0.346 e. The summed E-state index contributed by atoms with van der Waals surface area (Å²) in [6, 6.07) is -0.557. The van der Waals surface area contributed by atoms with E-state index in [1.54, 1.807) is 22.4 Å². The molecule has 15 heteroatoms. The molecule has 1 aromatic heterocycles. The summed E-state index contributed by atoms with van der Waals surface area (Å²) >= 11 is 1.15. The number of rotatable bonds is 19. The van der Waals surface area contributed by atoms with E-state index in [1.807, 2.05) is 20.8 Å². The minimum absolute atomic E-state index is 0.0392. The molecule has 1 saturated heterocycles. The molecule has 13 nitrogen and oxygen atoms in total. The summed E-state index contributed by atoms with van der Waals surface area (Å²) in [7, 11) is -2.21. The maximum Gasteiger partial charge on any atom is 0.315 e. The van der Waals surface area contributed by atoms with E-state index in [1.165, 1.54) is 17.4 Å². The molecule has 2 aliphatic carbocycles. The number of likely N-dealkylation sites (tertiary alicyclic amines) is 1. The van der Waals surface area contributed by atoms with E-state index < -0.39 is 57.8 Å². The highest BCUT2D eigenvalue weighted by atomic mass is 32.2. The first-order valence-electron chi connectivity index (χ1n) is 20.4. The lowest BCUT2D eigenvalue weighted by Gasteiger charge is -2.37. The van der Waals surface area contributed by atoms with Gasteiger partial charge in [0, 0.05) is 32.7 Å². The molecule has 55 heavy (non-hydrogen) atoms. The topological polar surface area (TPSA) is 174 Å². The third-order valence-electron chi connectivity index (χ3n) is 11.8. The molecule has 2 heterocycles. The first kappa shape index (κ1) is 44.4. The zero-order valence-corrected chi connectivity index (χ0v) is 34.9. The van der Waals surface area contributed by atoms with Crippen molar-refractivity contribution < 1.29 is 32.4 Å². The number of hydrogen-bond donors (Lipinski definition) is 4. The predicted octanol–water partition coefficient (Wildman–Crippen LogP) is 4.99. The minimum atomic E-state index is -3.75. The van der Waals surface area contributed by atoms with Crippen LogP contribution < -0.4 is 21.3 Å². The summed E-state index contributed by atoms with van der Waals surface area (Å²) in [5, 5.41) is 13.2. The second kappa shape index (κ2) is 21.3. The van der Waals surface area contributed by atoms with E-state index in [4.69, 9.17) is 0 Å². The molecule has 0 aromatic carbocycles. The second-order valence-corrected chi connectivity index (χ2v) is 19.2. The quantitative estimate of drug-likeness (QED) is 0.113. The van der Waals surface area contributed by atoms with Crippen molar-refractivity contribution in [1.82, 2.24) is 30.5 Å². The highest BCUT2D eigenvalue weighted by molar-refractivity contribution is 7.91. The largest absolute Gasteiger partial charge is 0.346 e. The summed E-state index contributed by atoms with van der Waals surface area (Å²) in [6.07, 6.45) is 12.9. The van der Waals surface area contributed by atoms with Crippen LogP contribution in [0, 0.1) is 23.7 Å². The van der Waals surface area contributed by atoms with Crippen LogP contribution in [0.5, 0.6) is 0 Å². The van der Waals surface area contributed by atoms with E-state index >= 15 is 0 Å². The first-order valence-corrected chi connectivity index (χ1v) is 22.7. The molecule has 2 saturated carbocycles. The van der Waals surface area contributed by atoms with Crippen molar-refractivity contribution in [2.45, 2.75) is 139 Å². The summed E-state index contributed by atoms with van der Waals surface area (Å²) < 4.78 is 28.3. The van der Waals surface area contributed by atoms with Crippen molar-refractivity contribution in [2.75, 3.05) is 26.7 Å². The lowest BCUT2D eigenvalue weighted by molar-refractivity contribution is -0.144. The van der Waals surface area contributed by atoms with Crippen LogP contribution in [0.3, 0.4) is 0 Å². The molecule has 308 valence electrons. The zero-order chi connectivity index (χ0) is 40.1. The Morgan fingerprint density at radius 3 is 2.20 bits per heavy atom. The van der Waals surface area contributed by atoms with Crippen LogP contribution in [0.4, 0.5) is 4.79 Å². The zero-order valence-electron chi connectivity index (χ0n) is 33.2. The summed E-state index contributed by atoms with van der Waals surface area (Å²) in [5.74, 6) is -2.57. The number of urea groups is 1. The van der Waals surface area contributed by atoms with Crippen LogP contribution >= 0.6 is 11.3 Å². The molecule has 5 amide bonds. The van der Waals surface area contributed by atoms with Crippen molar-refractivity contribution >= 4 is 50.9 Å². The summed E-state index contributed by atoms with van der Waals surface area (Å²) in [6.45, 7) is 10.1. The van der Waals surface area contributed by atoms with E-state index in [-0.39, 0.29) is 53.3 Å². The van der Waals surface area contributed by atoms with Crippen molar-refractivity contribution in [1.29, 1.82) is 0 Å². The third-order valence-corrected chi connectivity index (χ3v) is 15.0. The Hall–Kier alpha value is -3.30. The Morgan fingerprint density at radius 1 is 0.964 bits per heavy atom. The SMILES string of the molecule is C=CCNC(=O)C(=O)C(CCCC)NC(=O)[C@@H]1[C@@H](C(C)C)CCN1C(=O)[C@@H](NC(=O)N[C@H](CN(C)S(=O)(=O)c1cccs1)C1CCCCC1)C1CCCCC1. The van der Waals surface area contributed by atoms with Gasteiger partial charge in [-0.15, -0.1) is 17.9 Å². The Morgan fingerprint density at radius 2 is 1.62 bits per heavy atom. The molecule has 3 fully saturated rings. The lowest BCUT2D eigenvalue weighted by Crippen LogP contribution is -2.61. The van der Waals surface area contributed by atoms with E-state index in [0.29, 0.717) is 19.4 Å². The Balaban J connectivity index is 1.57. The van der Waals surface area contributed by atoms with Crippen LogP contribution in [0.2, 0.25) is 0 Å². The van der Waals surface area contributed by atoms with Gasteiger partial charge >= 0.3 is 6.03 Å². The molecule has 1 aliphatic heterocycles. The van der Waals surface area contributed by atoms with E-state index in [9.17, 15) is 32.4 Å². The predicted molar refractivity (Wildman–Crippen MR) is 215 cm³/mol. The molecule has 0 bridgehead atoms. The van der Waals surface area contributed by atoms with E-state index in [2.05, 4.69) is 27.8 Å². The molecule has 1 aromatic rings. The highest BCUT2D eigenvalue weighted by Crippen LogP contribution is 2.35. The van der Waals surface area contributed by atoms with Crippen molar-refractivity contribution in [3.8, 4) is 0 Å². The Kier molecular flexibility index (Phi) is 17.2. The fourth-order valence-electron chi connectivity index (χ4n) is 8.61. The highest BCUT2D eigenvalue weighted by Gasteiger charge is 2.47. The van der Waals surface area contributed by atoms with Gasteiger partial charge in [0.05, 0.1) is 6.04 Å². The fourth-order valence-corrected chi connectivity index (χ4v) is 11.0. The number of likely N-dealkylation sites (N-methyl/N-ethyl adjacent to an activating group) is 1. The van der Waals surface area contributed by atoms with Gasteiger partial charge in [-0.1, -0.05) is 84.3 Å². The molecular formula is C40H64N6O7S2. The van der Waals surface area contributed by atoms with E-state index in [0.717, 1.165) is 82.0 Å². The number of nitrogens with one attached hydrogen (secondary N) is 4. The number of carbonyl (C=O) groups is 5. The average molecular weight is 805 g/mol. The van der Waals surface area contributed by atoms with Crippen molar-refractivity contribution in [3.05, 3.63) is 30.2 Å². The summed E-state index contributed by atoms with van der Waals surface area (Å²) in [5.41, 5.74) is 0. The van der Waals surface area contributed by atoms with Gasteiger partial charge in [0.2, 0.25) is 17.6 Å². The van der Waals surface area contributed by atoms with Crippen LogP contribution in [0.1, 0.15) is 111 Å². The van der Waals surface area contributed by atoms with Crippen LogP contribution in [-0.2, 0) is 29.2 Å². The smallest absolute Gasteiger partial charge is 0.315 e. The van der Waals surface area contributed by atoms with Crippen LogP contribution in [0.25, 0.3) is 0 Å². The number of sulfonamides is 1. The number of Topliss-reactive ketones (excluding diaryl/α,β-unsaturated/α-hetero) is 1. The standard InChI is InChI=1S/C40H64N6O7S2/c1-6-8-20-31(36(47)38(49)41-23-7-2)42-37(48)35-30(27(3)4)22-24-46(35)39(50)34(29-18-13-10-14-19-29)44-40(51)43-32(28-16-11-9-12-17-28)26-45(5)55(52,53)33-21-15-25-54-33/h7,15,21,25,27-32,34-35H,2,6,8-14,16-20,22-24,26H2,1,3-5H3,(H,41,49)(H,42,48)(H2,43,44,51)/t30-,31?,32-,34+,35+/m1/s1. The van der Waals surface area contributed by atoms with Gasteiger partial charge in [0.1, 0.15) is 16.3 Å². The number of amides is 5. The maximum atomic E-state index is 14.8. The normalized spacial score (nSPS) is 21.5. The van der Waals surface area contributed by atoms with Gasteiger partial charge in [-0.3, -0.25) is 19.2 Å². The number of thiophene rings is 1. The van der Waals surface area contributed by atoms with Crippen molar-refractivity contribution in [2.24, 2.45) is 23.7 Å². The van der Waals surface area contributed by atoms with Crippen LogP contribution in [-0.4, -0.2) is 98.0 Å². The molecule has 4 N–H and O–H groups in total. The molecule has 4 rings (SSSR count). The lowest BCUT2D eigenvalue weighted by atomic mass is 9.82. The molecule has 0 spiro atoms.